The first-order chi connectivity index (χ1) is 17.5. The average Bonchev–Trinajstić information content (AvgIpc) is 3.24. The van der Waals surface area contributed by atoms with Crippen LogP contribution in [0, 0.1) is 12.8 Å². The molecule has 36 heavy (non-hydrogen) atoms. The third-order valence-corrected chi connectivity index (χ3v) is 6.73. The summed E-state index contributed by atoms with van der Waals surface area (Å²) in [7, 11) is 3.24. The lowest BCUT2D eigenvalue weighted by atomic mass is 10.0. The van der Waals surface area contributed by atoms with Gasteiger partial charge in [-0.25, -0.2) is 0 Å². The maximum atomic E-state index is 13.0. The first-order valence-electron chi connectivity index (χ1n) is 12.5. The average molecular weight is 494 g/mol. The maximum absolute atomic E-state index is 13.0. The molecule has 0 aliphatic carbocycles. The third-order valence-electron chi connectivity index (χ3n) is 6.73. The summed E-state index contributed by atoms with van der Waals surface area (Å²) >= 11 is 0. The van der Waals surface area contributed by atoms with Gasteiger partial charge in [0.05, 0.1) is 33.2 Å². The van der Waals surface area contributed by atoms with Crippen molar-refractivity contribution in [3.63, 3.8) is 0 Å². The molecule has 1 aliphatic rings. The number of aromatic amines is 1. The molecule has 0 saturated carbocycles. The van der Waals surface area contributed by atoms with Crippen LogP contribution in [0.2, 0.25) is 0 Å². The first kappa shape index (κ1) is 25.6. The van der Waals surface area contributed by atoms with E-state index < -0.39 is 6.23 Å². The number of rotatable bonds is 7. The summed E-state index contributed by atoms with van der Waals surface area (Å²) in [5.74, 6) is 1.02. The lowest BCUT2D eigenvalue weighted by Gasteiger charge is -2.21. The number of aryl methyl sites for hydroxylation is 1. The fourth-order valence-electron chi connectivity index (χ4n) is 4.64. The molecule has 4 rings (SSSR count). The van der Waals surface area contributed by atoms with Gasteiger partial charge in [0.25, 0.3) is 0 Å². The standard InChI is InChI=1S/C28H35N3O5/c1-18-23(24-15-22(35-3)13-14-25(24)29-18)16-26(32)31-27-8-6-4-5-7-19(17-36-27)28(33)30-20-9-11-21(34-2)12-10-20/h9-15,19,27,29H,4-8,16-17H2,1-3H3,(H,30,33)(H,31,32)/t19?,27-/m0/s1. The Hall–Kier alpha value is -3.52. The van der Waals surface area contributed by atoms with E-state index in [1.54, 1.807) is 14.2 Å². The fourth-order valence-corrected chi connectivity index (χ4v) is 4.64. The van der Waals surface area contributed by atoms with Crippen molar-refractivity contribution in [3.8, 4) is 11.5 Å². The minimum atomic E-state index is -0.424. The quantitative estimate of drug-likeness (QED) is 0.442. The molecule has 0 radical (unpaired) electrons. The molecule has 0 bridgehead atoms. The van der Waals surface area contributed by atoms with Crippen molar-refractivity contribution in [1.82, 2.24) is 10.3 Å². The van der Waals surface area contributed by atoms with Gasteiger partial charge in [-0.1, -0.05) is 12.8 Å². The van der Waals surface area contributed by atoms with Crippen molar-refractivity contribution in [2.45, 2.75) is 51.7 Å². The van der Waals surface area contributed by atoms with Crippen LogP contribution in [0.3, 0.4) is 0 Å². The summed E-state index contributed by atoms with van der Waals surface area (Å²) in [6.45, 7) is 2.23. The fraction of sp³-hybridized carbons (Fsp3) is 0.429. The van der Waals surface area contributed by atoms with Gasteiger partial charge in [0, 0.05) is 22.3 Å². The molecule has 3 aromatic rings. The molecule has 1 fully saturated rings. The number of nitrogens with one attached hydrogen (secondary N) is 3. The number of benzene rings is 2. The van der Waals surface area contributed by atoms with Gasteiger partial charge in [0.15, 0.2) is 0 Å². The molecule has 2 aromatic carbocycles. The van der Waals surface area contributed by atoms with Crippen LogP contribution in [0.15, 0.2) is 42.5 Å². The number of anilines is 1. The number of amides is 2. The van der Waals surface area contributed by atoms with Gasteiger partial charge < -0.3 is 29.8 Å². The Morgan fingerprint density at radius 1 is 1.00 bits per heavy atom. The number of H-pyrrole nitrogens is 1. The predicted molar refractivity (Wildman–Crippen MR) is 139 cm³/mol. The van der Waals surface area contributed by atoms with Crippen LogP contribution in [0.25, 0.3) is 10.9 Å². The molecule has 1 aromatic heterocycles. The van der Waals surface area contributed by atoms with E-state index in [1.807, 2.05) is 49.4 Å². The number of hydrogen-bond acceptors (Lipinski definition) is 5. The molecular weight excluding hydrogens is 458 g/mol. The van der Waals surface area contributed by atoms with Crippen LogP contribution >= 0.6 is 0 Å². The van der Waals surface area contributed by atoms with E-state index in [2.05, 4.69) is 15.6 Å². The van der Waals surface area contributed by atoms with Crippen molar-refractivity contribution in [1.29, 1.82) is 0 Å². The van der Waals surface area contributed by atoms with Crippen LogP contribution in [0.5, 0.6) is 11.5 Å². The molecule has 0 spiro atoms. The molecular formula is C28H35N3O5. The Labute approximate surface area is 211 Å². The lowest BCUT2D eigenvalue weighted by molar-refractivity contribution is -0.127. The van der Waals surface area contributed by atoms with Gasteiger partial charge in [-0.3, -0.25) is 9.59 Å². The number of methoxy groups -OCH3 is 2. The zero-order valence-electron chi connectivity index (χ0n) is 21.2. The minimum absolute atomic E-state index is 0.0736. The highest BCUT2D eigenvalue weighted by molar-refractivity contribution is 5.93. The van der Waals surface area contributed by atoms with E-state index in [4.69, 9.17) is 14.2 Å². The normalized spacial score (nSPS) is 18.5. The highest BCUT2D eigenvalue weighted by Gasteiger charge is 2.24. The molecule has 1 unspecified atom stereocenters. The van der Waals surface area contributed by atoms with E-state index in [9.17, 15) is 9.59 Å². The third kappa shape index (κ3) is 6.37. The Balaban J connectivity index is 1.37. The van der Waals surface area contributed by atoms with Crippen molar-refractivity contribution >= 4 is 28.4 Å². The molecule has 3 N–H and O–H groups in total. The molecule has 192 valence electrons. The van der Waals surface area contributed by atoms with Gasteiger partial charge >= 0.3 is 0 Å². The Morgan fingerprint density at radius 2 is 1.72 bits per heavy atom. The van der Waals surface area contributed by atoms with Gasteiger partial charge in [0.1, 0.15) is 17.7 Å². The second-order valence-electron chi connectivity index (χ2n) is 9.26. The molecule has 2 heterocycles. The highest BCUT2D eigenvalue weighted by Crippen LogP contribution is 2.27. The zero-order valence-corrected chi connectivity index (χ0v) is 21.2. The second kappa shape index (κ2) is 11.9. The molecule has 8 nitrogen and oxygen atoms in total. The smallest absolute Gasteiger partial charge is 0.229 e. The van der Waals surface area contributed by atoms with E-state index in [1.165, 1.54) is 0 Å². The Morgan fingerprint density at radius 3 is 2.47 bits per heavy atom. The van der Waals surface area contributed by atoms with Gasteiger partial charge in [-0.05, 0) is 74.2 Å². The second-order valence-corrected chi connectivity index (χ2v) is 9.26. The number of fused-ring (bicyclic) bond motifs is 1. The van der Waals surface area contributed by atoms with Crippen LogP contribution in [0.4, 0.5) is 5.69 Å². The minimum Gasteiger partial charge on any atom is -0.497 e. The molecule has 8 heteroatoms. The Kier molecular flexibility index (Phi) is 8.48. The first-order valence-corrected chi connectivity index (χ1v) is 12.5. The molecule has 1 saturated heterocycles. The van der Waals surface area contributed by atoms with Crippen LogP contribution in [-0.2, 0) is 20.7 Å². The van der Waals surface area contributed by atoms with E-state index >= 15 is 0 Å². The molecule has 2 atom stereocenters. The molecule has 2 amide bonds. The summed E-state index contributed by atoms with van der Waals surface area (Å²) in [6, 6.07) is 13.1. The zero-order chi connectivity index (χ0) is 25.5. The predicted octanol–water partition coefficient (Wildman–Crippen LogP) is 4.71. The van der Waals surface area contributed by atoms with Crippen LogP contribution in [0.1, 0.15) is 43.4 Å². The van der Waals surface area contributed by atoms with Gasteiger partial charge in [-0.2, -0.15) is 0 Å². The summed E-state index contributed by atoms with van der Waals surface area (Å²) in [4.78, 5) is 29.3. The van der Waals surface area contributed by atoms with Crippen molar-refractivity contribution in [2.24, 2.45) is 5.92 Å². The number of carbonyl (C=O) groups is 2. The van der Waals surface area contributed by atoms with E-state index in [0.717, 1.165) is 71.5 Å². The van der Waals surface area contributed by atoms with Crippen molar-refractivity contribution in [2.75, 3.05) is 26.1 Å². The van der Waals surface area contributed by atoms with Gasteiger partial charge in [0.2, 0.25) is 11.8 Å². The van der Waals surface area contributed by atoms with Crippen molar-refractivity contribution in [3.05, 3.63) is 53.7 Å². The SMILES string of the molecule is COc1ccc(NC(=O)C2CCCCC[C@@H](NC(=O)Cc3c(C)[nH]c4ccc(OC)cc34)OC2)cc1. The summed E-state index contributed by atoms with van der Waals surface area (Å²) in [5, 5.41) is 7.00. The largest absolute Gasteiger partial charge is 0.497 e. The van der Waals surface area contributed by atoms with Gasteiger partial charge in [-0.15, -0.1) is 0 Å². The van der Waals surface area contributed by atoms with E-state index in [-0.39, 0.29) is 30.8 Å². The monoisotopic (exact) mass is 493 g/mol. The molecule has 1 aliphatic heterocycles. The summed E-state index contributed by atoms with van der Waals surface area (Å²) in [5.41, 5.74) is 3.59. The summed E-state index contributed by atoms with van der Waals surface area (Å²) in [6.07, 6.45) is 4.15. The maximum Gasteiger partial charge on any atom is 0.229 e. The number of ether oxygens (including phenoxy) is 3. The number of hydrogen-bond donors (Lipinski definition) is 3. The van der Waals surface area contributed by atoms with Crippen LogP contribution in [-0.4, -0.2) is 43.9 Å². The Bertz CT molecular complexity index is 1190. The number of carbonyl (C=O) groups excluding carboxylic acids is 2. The number of aromatic nitrogens is 1. The van der Waals surface area contributed by atoms with Crippen molar-refractivity contribution < 1.29 is 23.8 Å². The lowest BCUT2D eigenvalue weighted by Crippen LogP contribution is -2.39. The summed E-state index contributed by atoms with van der Waals surface area (Å²) < 4.78 is 16.6. The highest BCUT2D eigenvalue weighted by atomic mass is 16.5. The topological polar surface area (TPSA) is 102 Å². The van der Waals surface area contributed by atoms with Crippen LogP contribution < -0.4 is 20.1 Å². The van der Waals surface area contributed by atoms with E-state index in [0.29, 0.717) is 0 Å².